The summed E-state index contributed by atoms with van der Waals surface area (Å²) in [6, 6.07) is 16.6. The van der Waals surface area contributed by atoms with Gasteiger partial charge >= 0.3 is 11.8 Å². The van der Waals surface area contributed by atoms with Gasteiger partial charge in [0.05, 0.1) is 0 Å². The van der Waals surface area contributed by atoms with E-state index in [4.69, 9.17) is 0 Å². The van der Waals surface area contributed by atoms with Crippen molar-refractivity contribution in [2.24, 2.45) is 5.92 Å². The van der Waals surface area contributed by atoms with Gasteiger partial charge in [0.2, 0.25) is 0 Å². The van der Waals surface area contributed by atoms with Crippen LogP contribution in [0, 0.1) is 12.8 Å². The molecule has 1 aromatic heterocycles. The number of carbonyl (C=O) groups excluding carboxylic acids is 2. The molecule has 3 aromatic rings. The molecule has 1 saturated carbocycles. The van der Waals surface area contributed by atoms with Crippen LogP contribution in [0.2, 0.25) is 0 Å². The fraction of sp³-hybridized carbons (Fsp3) is 0.320. The van der Waals surface area contributed by atoms with E-state index in [1.807, 2.05) is 30.5 Å². The second kappa shape index (κ2) is 6.94. The number of likely N-dealkylation sites (N-methyl/N-ethyl adjacent to an activating group) is 1. The second-order valence-corrected chi connectivity index (χ2v) is 8.83. The summed E-state index contributed by atoms with van der Waals surface area (Å²) in [5.41, 5.74) is 3.58. The number of likely N-dealkylation sites (tertiary alicyclic amines) is 1. The Morgan fingerprint density at radius 1 is 1.13 bits per heavy atom. The highest BCUT2D eigenvalue weighted by atomic mass is 16.2. The fourth-order valence-electron chi connectivity index (χ4n) is 4.85. The molecule has 1 aliphatic heterocycles. The maximum Gasteiger partial charge on any atom is 0.312 e. The number of carbonyl (C=O) groups is 2. The van der Waals surface area contributed by atoms with Crippen LogP contribution in [-0.4, -0.2) is 46.7 Å². The van der Waals surface area contributed by atoms with E-state index in [2.05, 4.69) is 36.2 Å². The van der Waals surface area contributed by atoms with Gasteiger partial charge in [0.15, 0.2) is 0 Å². The molecule has 5 nitrogen and oxygen atoms in total. The van der Waals surface area contributed by atoms with E-state index in [0.29, 0.717) is 25.6 Å². The zero-order valence-electron chi connectivity index (χ0n) is 17.3. The predicted octanol–water partition coefficient (Wildman–Crippen LogP) is 3.30. The van der Waals surface area contributed by atoms with E-state index < -0.39 is 5.91 Å². The Morgan fingerprint density at radius 2 is 1.93 bits per heavy atom. The van der Waals surface area contributed by atoms with E-state index in [9.17, 15) is 9.59 Å². The van der Waals surface area contributed by atoms with Crippen molar-refractivity contribution < 1.29 is 9.59 Å². The fourth-order valence-corrected chi connectivity index (χ4v) is 4.85. The average Bonchev–Trinajstić information content (AvgIpc) is 3.33. The van der Waals surface area contributed by atoms with Crippen LogP contribution in [0.1, 0.15) is 23.1 Å². The lowest BCUT2D eigenvalue weighted by Gasteiger charge is -2.24. The molecule has 5 rings (SSSR count). The Hall–Kier alpha value is -3.21. The SMILES string of the molecule is Cc1ccc([C@]23C[C@H]2CN(C(=O)C(=O)N(C)Cc2ccc4cnccc4c2)C3)cc1. The molecule has 0 bridgehead atoms. The number of aryl methyl sites for hydroxylation is 1. The summed E-state index contributed by atoms with van der Waals surface area (Å²) in [6.45, 7) is 3.80. The van der Waals surface area contributed by atoms with Gasteiger partial charge in [-0.3, -0.25) is 14.6 Å². The summed E-state index contributed by atoms with van der Waals surface area (Å²) in [7, 11) is 1.70. The molecule has 0 N–H and O–H groups in total. The number of hydrogen-bond acceptors (Lipinski definition) is 3. The normalized spacial score (nSPS) is 22.1. The summed E-state index contributed by atoms with van der Waals surface area (Å²) >= 11 is 0. The van der Waals surface area contributed by atoms with Crippen LogP contribution >= 0.6 is 0 Å². The molecular formula is C25H25N3O2. The molecular weight excluding hydrogens is 374 g/mol. The first-order valence-electron chi connectivity index (χ1n) is 10.4. The monoisotopic (exact) mass is 399 g/mol. The lowest BCUT2D eigenvalue weighted by molar-refractivity contribution is -0.151. The first-order valence-corrected chi connectivity index (χ1v) is 10.4. The lowest BCUT2D eigenvalue weighted by Crippen LogP contribution is -2.44. The number of piperidine rings is 1. The molecule has 30 heavy (non-hydrogen) atoms. The van der Waals surface area contributed by atoms with Crippen molar-refractivity contribution in [1.82, 2.24) is 14.8 Å². The van der Waals surface area contributed by atoms with Gasteiger partial charge < -0.3 is 9.80 Å². The Kier molecular flexibility index (Phi) is 4.35. The number of hydrogen-bond donors (Lipinski definition) is 0. The van der Waals surface area contributed by atoms with E-state index in [-0.39, 0.29) is 11.3 Å². The van der Waals surface area contributed by atoms with Crippen molar-refractivity contribution in [2.75, 3.05) is 20.1 Å². The highest BCUT2D eigenvalue weighted by molar-refractivity contribution is 6.34. The number of nitrogens with zero attached hydrogens (tertiary/aromatic N) is 3. The van der Waals surface area contributed by atoms with Gasteiger partial charge in [0, 0.05) is 49.9 Å². The molecule has 0 unspecified atom stereocenters. The maximum atomic E-state index is 12.9. The Balaban J connectivity index is 1.26. The van der Waals surface area contributed by atoms with Gasteiger partial charge in [-0.05, 0) is 47.9 Å². The lowest BCUT2D eigenvalue weighted by atomic mass is 9.94. The van der Waals surface area contributed by atoms with E-state index in [1.54, 1.807) is 18.1 Å². The molecule has 2 atom stereocenters. The van der Waals surface area contributed by atoms with Crippen molar-refractivity contribution in [3.05, 3.63) is 77.6 Å². The smallest absolute Gasteiger partial charge is 0.312 e. The third kappa shape index (κ3) is 3.15. The molecule has 2 aliphatic rings. The van der Waals surface area contributed by atoms with Gasteiger partial charge in [0.1, 0.15) is 0 Å². The average molecular weight is 399 g/mol. The minimum Gasteiger partial charge on any atom is -0.333 e. The quantitative estimate of drug-likeness (QED) is 0.635. The van der Waals surface area contributed by atoms with E-state index >= 15 is 0 Å². The zero-order valence-corrected chi connectivity index (χ0v) is 17.3. The molecule has 2 amide bonds. The largest absolute Gasteiger partial charge is 0.333 e. The highest BCUT2D eigenvalue weighted by Gasteiger charge is 2.62. The molecule has 152 valence electrons. The number of fused-ring (bicyclic) bond motifs is 2. The van der Waals surface area contributed by atoms with E-state index in [0.717, 1.165) is 22.8 Å². The van der Waals surface area contributed by atoms with Gasteiger partial charge in [0.25, 0.3) is 0 Å². The van der Waals surface area contributed by atoms with Crippen LogP contribution < -0.4 is 0 Å². The third-order valence-electron chi connectivity index (χ3n) is 6.71. The molecule has 5 heteroatoms. The Labute approximate surface area is 176 Å². The van der Waals surface area contributed by atoms with Crippen molar-refractivity contribution in [1.29, 1.82) is 0 Å². The van der Waals surface area contributed by atoms with Gasteiger partial charge in [-0.25, -0.2) is 0 Å². The minimum absolute atomic E-state index is 0.0502. The molecule has 2 aromatic carbocycles. The highest BCUT2D eigenvalue weighted by Crippen LogP contribution is 2.59. The minimum atomic E-state index is -0.440. The van der Waals surface area contributed by atoms with Crippen LogP contribution in [0.3, 0.4) is 0 Å². The number of aromatic nitrogens is 1. The second-order valence-electron chi connectivity index (χ2n) is 8.83. The topological polar surface area (TPSA) is 53.5 Å². The predicted molar refractivity (Wildman–Crippen MR) is 116 cm³/mol. The number of benzene rings is 2. The zero-order chi connectivity index (χ0) is 20.9. The van der Waals surface area contributed by atoms with Crippen molar-refractivity contribution >= 4 is 22.6 Å². The van der Waals surface area contributed by atoms with E-state index in [1.165, 1.54) is 16.0 Å². The summed E-state index contributed by atoms with van der Waals surface area (Å²) in [5, 5.41) is 2.14. The van der Waals surface area contributed by atoms with Crippen molar-refractivity contribution in [2.45, 2.75) is 25.3 Å². The van der Waals surface area contributed by atoms with Crippen molar-refractivity contribution in [3.8, 4) is 0 Å². The molecule has 0 spiro atoms. The van der Waals surface area contributed by atoms with Gasteiger partial charge in [-0.15, -0.1) is 0 Å². The molecule has 2 fully saturated rings. The van der Waals surface area contributed by atoms with Crippen LogP contribution in [0.15, 0.2) is 60.9 Å². The van der Waals surface area contributed by atoms with Crippen LogP contribution in [0.4, 0.5) is 0 Å². The third-order valence-corrected chi connectivity index (χ3v) is 6.71. The first kappa shape index (κ1) is 18.8. The first-order chi connectivity index (χ1) is 14.5. The Bertz CT molecular complexity index is 1140. The molecule has 1 saturated heterocycles. The molecule has 1 aliphatic carbocycles. The standard InChI is InChI=1S/C25H25N3O2/c1-17-3-7-21(8-4-17)25-12-22(25)15-28(16-25)24(30)23(29)27(2)14-18-5-6-20-13-26-10-9-19(20)11-18/h3-11,13,22H,12,14-16H2,1-2H3/t22-,25+/m0/s1. The van der Waals surface area contributed by atoms with Crippen molar-refractivity contribution in [3.63, 3.8) is 0 Å². The summed E-state index contributed by atoms with van der Waals surface area (Å²) in [4.78, 5) is 33.1. The summed E-state index contributed by atoms with van der Waals surface area (Å²) in [5.74, 6) is -0.359. The number of amides is 2. The van der Waals surface area contributed by atoms with Gasteiger partial charge in [-0.1, -0.05) is 42.0 Å². The van der Waals surface area contributed by atoms with Crippen LogP contribution in [0.5, 0.6) is 0 Å². The maximum absolute atomic E-state index is 12.9. The van der Waals surface area contributed by atoms with Crippen LogP contribution in [0.25, 0.3) is 10.8 Å². The number of pyridine rings is 1. The Morgan fingerprint density at radius 3 is 2.73 bits per heavy atom. The molecule has 2 heterocycles. The number of rotatable bonds is 3. The van der Waals surface area contributed by atoms with Crippen LogP contribution in [-0.2, 0) is 21.5 Å². The summed E-state index contributed by atoms with van der Waals surface area (Å²) in [6.07, 6.45) is 4.68. The summed E-state index contributed by atoms with van der Waals surface area (Å²) < 4.78 is 0. The molecule has 0 radical (unpaired) electrons. The van der Waals surface area contributed by atoms with Gasteiger partial charge in [-0.2, -0.15) is 0 Å².